The van der Waals surface area contributed by atoms with Crippen LogP contribution in [-0.4, -0.2) is 16.0 Å². The monoisotopic (exact) mass is 438 g/mol. The molecule has 0 spiro atoms. The Hall–Kier alpha value is -1.59. The number of allylic oxidation sites excluding steroid dienone is 1. The van der Waals surface area contributed by atoms with Gasteiger partial charge in [-0.3, -0.25) is 4.79 Å². The van der Waals surface area contributed by atoms with Crippen molar-refractivity contribution in [2.45, 2.75) is 20.3 Å². The number of hydrogen-bond donors (Lipinski definition) is 2. The average molecular weight is 440 g/mol. The van der Waals surface area contributed by atoms with E-state index in [0.717, 1.165) is 15.6 Å². The van der Waals surface area contributed by atoms with E-state index in [-0.39, 0.29) is 17.3 Å². The van der Waals surface area contributed by atoms with Crippen molar-refractivity contribution in [3.8, 4) is 11.5 Å². The molecule has 0 unspecified atom stereocenters. The topological polar surface area (TPSA) is 57.5 Å². The second kappa shape index (κ2) is 7.32. The highest BCUT2D eigenvalue weighted by molar-refractivity contribution is 9.10. The maximum atomic E-state index is 12.4. The summed E-state index contributed by atoms with van der Waals surface area (Å²) in [5, 5.41) is 19.4. The number of carbonyl (C=O) groups excluding carboxylic acids is 1. The molecular formula is C18H16Br2O3. The first kappa shape index (κ1) is 17.8. The number of halogens is 2. The van der Waals surface area contributed by atoms with Crippen LogP contribution in [-0.2, 0) is 4.79 Å². The van der Waals surface area contributed by atoms with E-state index in [2.05, 4.69) is 31.9 Å². The molecule has 3 nitrogen and oxygen atoms in total. The number of aryl methyl sites for hydroxylation is 1. The van der Waals surface area contributed by atoms with Gasteiger partial charge in [0.15, 0.2) is 17.3 Å². The lowest BCUT2D eigenvalue weighted by atomic mass is 9.94. The minimum absolute atomic E-state index is 0.00915. The second-order valence-corrected chi connectivity index (χ2v) is 6.93. The molecule has 23 heavy (non-hydrogen) atoms. The zero-order valence-electron chi connectivity index (χ0n) is 12.7. The van der Waals surface area contributed by atoms with Gasteiger partial charge in [-0.1, -0.05) is 28.9 Å². The van der Waals surface area contributed by atoms with Gasteiger partial charge in [0.1, 0.15) is 0 Å². The molecule has 120 valence electrons. The molecule has 5 heteroatoms. The Balaban J connectivity index is 2.64. The quantitative estimate of drug-likeness (QED) is 0.378. The van der Waals surface area contributed by atoms with Gasteiger partial charge >= 0.3 is 0 Å². The fraction of sp³-hybridized carbons (Fsp3) is 0.167. The van der Waals surface area contributed by atoms with Crippen LogP contribution in [0.5, 0.6) is 11.5 Å². The van der Waals surface area contributed by atoms with E-state index < -0.39 is 0 Å². The van der Waals surface area contributed by atoms with Gasteiger partial charge in [0.25, 0.3) is 0 Å². The van der Waals surface area contributed by atoms with Gasteiger partial charge in [0.05, 0.1) is 4.47 Å². The Bertz CT molecular complexity index is 772. The number of rotatable bonds is 4. The third kappa shape index (κ3) is 4.03. The van der Waals surface area contributed by atoms with E-state index >= 15 is 0 Å². The van der Waals surface area contributed by atoms with E-state index in [1.165, 1.54) is 6.07 Å². The van der Waals surface area contributed by atoms with Crippen molar-refractivity contribution < 1.29 is 15.0 Å². The molecule has 0 aliphatic carbocycles. The zero-order chi connectivity index (χ0) is 17.1. The molecule has 0 aliphatic rings. The third-order valence-electron chi connectivity index (χ3n) is 3.49. The van der Waals surface area contributed by atoms with Gasteiger partial charge in [-0.2, -0.15) is 0 Å². The number of phenolic OH excluding ortho intramolecular Hbond substituents is 2. The van der Waals surface area contributed by atoms with Crippen molar-refractivity contribution in [3.63, 3.8) is 0 Å². The highest BCUT2D eigenvalue weighted by Crippen LogP contribution is 2.36. The summed E-state index contributed by atoms with van der Waals surface area (Å²) in [6, 6.07) is 8.86. The minimum atomic E-state index is -0.236. The van der Waals surface area contributed by atoms with Crippen LogP contribution in [0.3, 0.4) is 0 Å². The van der Waals surface area contributed by atoms with E-state index in [1.807, 2.05) is 32.0 Å². The molecule has 0 fully saturated rings. The number of hydrogen-bond acceptors (Lipinski definition) is 3. The van der Waals surface area contributed by atoms with Crippen LogP contribution in [0, 0.1) is 6.92 Å². The summed E-state index contributed by atoms with van der Waals surface area (Å²) in [7, 11) is 0. The largest absolute Gasteiger partial charge is 0.504 e. The third-order valence-corrected chi connectivity index (χ3v) is 4.59. The van der Waals surface area contributed by atoms with Crippen molar-refractivity contribution in [3.05, 3.63) is 56.0 Å². The average Bonchev–Trinajstić information content (AvgIpc) is 2.52. The molecular weight excluding hydrogens is 424 g/mol. The number of aromatic hydroxyl groups is 2. The summed E-state index contributed by atoms with van der Waals surface area (Å²) < 4.78 is 1.26. The van der Waals surface area contributed by atoms with Gasteiger partial charge in [-0.25, -0.2) is 0 Å². The van der Waals surface area contributed by atoms with E-state index in [0.29, 0.717) is 22.0 Å². The molecule has 2 aromatic rings. The van der Waals surface area contributed by atoms with Crippen LogP contribution in [0.4, 0.5) is 0 Å². The Morgan fingerprint density at radius 2 is 1.87 bits per heavy atom. The molecule has 2 rings (SSSR count). The lowest BCUT2D eigenvalue weighted by Crippen LogP contribution is -2.02. The first-order valence-corrected chi connectivity index (χ1v) is 8.65. The summed E-state index contributed by atoms with van der Waals surface area (Å²) in [6.07, 6.45) is 2.10. The van der Waals surface area contributed by atoms with Gasteiger partial charge in [-0.15, -0.1) is 0 Å². The van der Waals surface area contributed by atoms with Crippen LogP contribution in [0.1, 0.15) is 30.0 Å². The fourth-order valence-corrected chi connectivity index (χ4v) is 3.07. The van der Waals surface area contributed by atoms with Gasteiger partial charge in [-0.05, 0) is 69.9 Å². The summed E-state index contributed by atoms with van der Waals surface area (Å²) in [5.74, 6) is -0.445. The first-order chi connectivity index (χ1) is 10.8. The van der Waals surface area contributed by atoms with Crippen LogP contribution in [0.15, 0.2) is 39.3 Å². The molecule has 0 amide bonds. The molecule has 0 atom stereocenters. The normalized spacial score (nSPS) is 11.6. The van der Waals surface area contributed by atoms with E-state index in [4.69, 9.17) is 0 Å². The first-order valence-electron chi connectivity index (χ1n) is 7.06. The number of Topliss-reactive ketones (excluding diaryl/α,β-unsaturated/α-hetero) is 1. The molecule has 0 heterocycles. The van der Waals surface area contributed by atoms with Crippen LogP contribution < -0.4 is 0 Å². The SMILES string of the molecule is CCC(=O)/C(=C\c1cc(O)c(O)c(Br)c1)c1cc(Br)ccc1C. The summed E-state index contributed by atoms with van der Waals surface area (Å²) in [5.41, 5.74) is 3.03. The summed E-state index contributed by atoms with van der Waals surface area (Å²) >= 11 is 6.63. The Kier molecular flexibility index (Phi) is 5.65. The second-order valence-electron chi connectivity index (χ2n) is 5.16. The predicted molar refractivity (Wildman–Crippen MR) is 99.5 cm³/mol. The lowest BCUT2D eigenvalue weighted by molar-refractivity contribution is -0.113. The molecule has 2 aromatic carbocycles. The van der Waals surface area contributed by atoms with Crippen molar-refractivity contribution in [1.82, 2.24) is 0 Å². The van der Waals surface area contributed by atoms with Gasteiger partial charge in [0.2, 0.25) is 0 Å². The number of benzene rings is 2. The molecule has 0 saturated heterocycles. The molecule has 0 bridgehead atoms. The zero-order valence-corrected chi connectivity index (χ0v) is 15.9. The van der Waals surface area contributed by atoms with Crippen LogP contribution >= 0.6 is 31.9 Å². The molecule has 0 aromatic heterocycles. The van der Waals surface area contributed by atoms with Crippen LogP contribution in [0.25, 0.3) is 11.6 Å². The fourth-order valence-electron chi connectivity index (χ4n) is 2.24. The van der Waals surface area contributed by atoms with Crippen molar-refractivity contribution in [1.29, 1.82) is 0 Å². The standard InChI is InChI=1S/C18H16Br2O3/c1-3-16(21)14(13-9-12(19)5-4-10(13)2)6-11-7-15(20)18(23)17(22)8-11/h4-9,22-23H,3H2,1-2H3/b14-6-. The molecule has 0 radical (unpaired) electrons. The van der Waals surface area contributed by atoms with E-state index in [1.54, 1.807) is 12.1 Å². The van der Waals surface area contributed by atoms with Crippen molar-refractivity contribution in [2.75, 3.05) is 0 Å². The maximum Gasteiger partial charge on any atom is 0.171 e. The summed E-state index contributed by atoms with van der Waals surface area (Å²) in [4.78, 5) is 12.4. The van der Waals surface area contributed by atoms with E-state index in [9.17, 15) is 15.0 Å². The van der Waals surface area contributed by atoms with Gasteiger partial charge < -0.3 is 10.2 Å². The van der Waals surface area contributed by atoms with Crippen LogP contribution in [0.2, 0.25) is 0 Å². The van der Waals surface area contributed by atoms with Gasteiger partial charge in [0, 0.05) is 16.5 Å². The van der Waals surface area contributed by atoms with Crippen molar-refractivity contribution >= 4 is 49.3 Å². The molecule has 0 aliphatic heterocycles. The highest BCUT2D eigenvalue weighted by atomic mass is 79.9. The van der Waals surface area contributed by atoms with Crippen molar-refractivity contribution in [2.24, 2.45) is 0 Å². The Labute approximate surface area is 151 Å². The highest BCUT2D eigenvalue weighted by Gasteiger charge is 2.14. The number of carbonyl (C=O) groups is 1. The lowest BCUT2D eigenvalue weighted by Gasteiger charge is -2.11. The predicted octanol–water partition coefficient (Wildman–Crippen LogP) is 5.45. The number of ketones is 1. The molecule has 0 saturated carbocycles. The smallest absolute Gasteiger partial charge is 0.171 e. The number of phenols is 2. The Morgan fingerprint density at radius 3 is 2.48 bits per heavy atom. The maximum absolute atomic E-state index is 12.4. The summed E-state index contributed by atoms with van der Waals surface area (Å²) in [6.45, 7) is 3.76. The minimum Gasteiger partial charge on any atom is -0.504 e. The molecule has 2 N–H and O–H groups in total. The Morgan fingerprint density at radius 1 is 1.17 bits per heavy atom.